The summed E-state index contributed by atoms with van der Waals surface area (Å²) in [4.78, 5) is 10.3. The highest BCUT2D eigenvalue weighted by molar-refractivity contribution is 7.92. The zero-order chi connectivity index (χ0) is 15.7. The highest BCUT2D eigenvalue weighted by atomic mass is 35.5. The van der Waals surface area contributed by atoms with Gasteiger partial charge in [-0.25, -0.2) is 13.2 Å². The molecule has 0 aromatic heterocycles. The molecule has 1 rings (SSSR count). The van der Waals surface area contributed by atoms with Crippen molar-refractivity contribution in [2.24, 2.45) is 0 Å². The molecular formula is C11H10ClNO5S2. The Kier molecular flexibility index (Phi) is 4.91. The van der Waals surface area contributed by atoms with Crippen molar-refractivity contribution in [1.29, 1.82) is 5.26 Å². The van der Waals surface area contributed by atoms with Crippen LogP contribution in [0.4, 0.5) is 0 Å². The maximum atomic E-state index is 12.2. The van der Waals surface area contributed by atoms with Gasteiger partial charge < -0.3 is 5.11 Å². The number of rotatable bonds is 4. The second kappa shape index (κ2) is 5.91. The lowest BCUT2D eigenvalue weighted by molar-refractivity contribution is 0.0696. The summed E-state index contributed by atoms with van der Waals surface area (Å²) in [6.45, 7) is 1.33. The van der Waals surface area contributed by atoms with E-state index in [1.165, 1.54) is 6.92 Å². The Morgan fingerprint density at radius 3 is 2.45 bits per heavy atom. The molecule has 0 bridgehead atoms. The van der Waals surface area contributed by atoms with Gasteiger partial charge in [-0.2, -0.15) is 5.26 Å². The van der Waals surface area contributed by atoms with E-state index >= 15 is 0 Å². The topological polar surface area (TPSA) is 112 Å². The van der Waals surface area contributed by atoms with Crippen LogP contribution in [0.2, 0.25) is 5.02 Å². The molecule has 108 valence electrons. The maximum Gasteiger partial charge on any atom is 0.337 e. The van der Waals surface area contributed by atoms with Crippen LogP contribution in [-0.4, -0.2) is 35.2 Å². The third-order valence-electron chi connectivity index (χ3n) is 2.39. The summed E-state index contributed by atoms with van der Waals surface area (Å²) >= 11 is 5.86. The van der Waals surface area contributed by atoms with Gasteiger partial charge >= 0.3 is 5.97 Å². The van der Waals surface area contributed by atoms with Gasteiger partial charge in [0.05, 0.1) is 37.2 Å². The molecule has 0 fully saturated rings. The number of carbonyl (C=O) groups is 1. The molecule has 0 aliphatic carbocycles. The zero-order valence-electron chi connectivity index (χ0n) is 10.5. The summed E-state index contributed by atoms with van der Waals surface area (Å²) in [5.41, 5.74) is -0.368. The summed E-state index contributed by atoms with van der Waals surface area (Å²) < 4.78 is 35.5. The van der Waals surface area contributed by atoms with Gasteiger partial charge in [0.2, 0.25) is 0 Å². The van der Waals surface area contributed by atoms with Gasteiger partial charge in [-0.05, 0) is 19.1 Å². The van der Waals surface area contributed by atoms with Crippen LogP contribution in [0.5, 0.6) is 0 Å². The van der Waals surface area contributed by atoms with Crippen molar-refractivity contribution in [2.75, 3.05) is 6.26 Å². The van der Waals surface area contributed by atoms with Crippen LogP contribution in [0.3, 0.4) is 0 Å². The molecule has 20 heavy (non-hydrogen) atoms. The highest BCUT2D eigenvalue weighted by Gasteiger charge is 2.27. The third kappa shape index (κ3) is 3.17. The summed E-state index contributed by atoms with van der Waals surface area (Å²) in [6, 6.07) is 3.77. The second-order valence-corrected chi connectivity index (χ2v) is 7.97. The first-order valence-corrected chi connectivity index (χ1v) is 8.65. The Balaban J connectivity index is 3.76. The van der Waals surface area contributed by atoms with E-state index in [4.69, 9.17) is 22.0 Å². The smallest absolute Gasteiger partial charge is 0.337 e. The lowest BCUT2D eigenvalue weighted by atomic mass is 10.2. The van der Waals surface area contributed by atoms with Gasteiger partial charge in [-0.1, -0.05) is 11.6 Å². The summed E-state index contributed by atoms with van der Waals surface area (Å²) in [5.74, 6) is -1.38. The standard InChI is InChI=1S/C11H10ClNO5S2/c1-6(5-13)19(16)10-8(20(2,17)18)4-3-7(9(10)12)11(14)15/h3-4,6H,1-2H3,(H,14,15). The fraction of sp³-hybridized carbons (Fsp3) is 0.273. The van der Waals surface area contributed by atoms with E-state index in [1.807, 2.05) is 0 Å². The fourth-order valence-corrected chi connectivity index (χ4v) is 4.39. The van der Waals surface area contributed by atoms with Crippen molar-refractivity contribution < 1.29 is 22.5 Å². The number of hydrogen-bond acceptors (Lipinski definition) is 5. The monoisotopic (exact) mass is 335 g/mol. The molecule has 0 radical (unpaired) electrons. The van der Waals surface area contributed by atoms with Crippen LogP contribution >= 0.6 is 11.6 Å². The molecule has 2 atom stereocenters. The summed E-state index contributed by atoms with van der Waals surface area (Å²) in [6.07, 6.45) is 0.886. The number of carboxylic acids is 1. The molecule has 0 heterocycles. The molecule has 0 saturated heterocycles. The lowest BCUT2D eigenvalue weighted by Crippen LogP contribution is -2.15. The number of sulfone groups is 1. The predicted molar refractivity (Wildman–Crippen MR) is 73.0 cm³/mol. The minimum absolute atomic E-state index is 0.340. The average molecular weight is 336 g/mol. The molecule has 9 heteroatoms. The molecule has 2 unspecified atom stereocenters. The van der Waals surface area contributed by atoms with Crippen LogP contribution in [0, 0.1) is 11.3 Å². The molecule has 0 aliphatic rings. The third-order valence-corrected chi connectivity index (χ3v) is 5.74. The minimum atomic E-state index is -3.77. The predicted octanol–water partition coefficient (Wildman–Crippen LogP) is 1.46. The molecule has 1 N–H and O–H groups in total. The molecule has 1 aromatic carbocycles. The van der Waals surface area contributed by atoms with Gasteiger partial charge in [0.25, 0.3) is 0 Å². The first-order valence-electron chi connectivity index (χ1n) is 5.17. The van der Waals surface area contributed by atoms with E-state index < -0.39 is 36.9 Å². The number of nitrogens with zero attached hydrogens (tertiary/aromatic N) is 1. The van der Waals surface area contributed by atoms with E-state index in [9.17, 15) is 17.4 Å². The minimum Gasteiger partial charge on any atom is -0.478 e. The Hall–Kier alpha value is -1.43. The number of halogens is 1. The zero-order valence-corrected chi connectivity index (χ0v) is 12.8. The molecule has 6 nitrogen and oxygen atoms in total. The first kappa shape index (κ1) is 16.6. The van der Waals surface area contributed by atoms with Gasteiger partial charge in [-0.15, -0.1) is 0 Å². The number of nitriles is 1. The van der Waals surface area contributed by atoms with Crippen molar-refractivity contribution in [2.45, 2.75) is 22.0 Å². The molecule has 0 spiro atoms. The van der Waals surface area contributed by atoms with E-state index in [-0.39, 0.29) is 15.4 Å². The quantitative estimate of drug-likeness (QED) is 0.891. The molecule has 1 aromatic rings. The first-order chi connectivity index (χ1) is 9.11. The van der Waals surface area contributed by atoms with E-state index in [0.717, 1.165) is 18.4 Å². The maximum absolute atomic E-state index is 12.2. The van der Waals surface area contributed by atoms with Crippen LogP contribution in [0.1, 0.15) is 17.3 Å². The van der Waals surface area contributed by atoms with Gasteiger partial charge in [0.15, 0.2) is 9.84 Å². The van der Waals surface area contributed by atoms with Crippen molar-refractivity contribution in [3.8, 4) is 6.07 Å². The van der Waals surface area contributed by atoms with Gasteiger partial charge in [0, 0.05) is 6.26 Å². The highest BCUT2D eigenvalue weighted by Crippen LogP contribution is 2.32. The summed E-state index contributed by atoms with van der Waals surface area (Å²) in [5, 5.41) is 16.3. The largest absolute Gasteiger partial charge is 0.478 e. The number of aromatic carboxylic acids is 1. The van der Waals surface area contributed by atoms with Crippen LogP contribution in [-0.2, 0) is 20.6 Å². The number of carboxylic acid groups (broad SMARTS) is 1. The van der Waals surface area contributed by atoms with Gasteiger partial charge in [0.1, 0.15) is 5.25 Å². The van der Waals surface area contributed by atoms with Crippen LogP contribution in [0.15, 0.2) is 21.9 Å². The van der Waals surface area contributed by atoms with Crippen molar-refractivity contribution in [3.05, 3.63) is 22.7 Å². The van der Waals surface area contributed by atoms with Crippen molar-refractivity contribution in [1.82, 2.24) is 0 Å². The van der Waals surface area contributed by atoms with E-state index in [1.54, 1.807) is 6.07 Å². The Morgan fingerprint density at radius 1 is 1.50 bits per heavy atom. The molecule has 0 saturated carbocycles. The van der Waals surface area contributed by atoms with Crippen LogP contribution < -0.4 is 0 Å². The number of benzene rings is 1. The second-order valence-electron chi connectivity index (χ2n) is 3.90. The molecule has 0 amide bonds. The molecular weight excluding hydrogens is 326 g/mol. The summed E-state index contributed by atoms with van der Waals surface area (Å²) in [7, 11) is -5.83. The fourth-order valence-electron chi connectivity index (χ4n) is 1.41. The van der Waals surface area contributed by atoms with E-state index in [0.29, 0.717) is 0 Å². The van der Waals surface area contributed by atoms with Crippen LogP contribution in [0.25, 0.3) is 0 Å². The SMILES string of the molecule is CC(C#N)S(=O)c1c(S(C)(=O)=O)ccc(C(=O)O)c1Cl. The van der Waals surface area contributed by atoms with E-state index in [2.05, 4.69) is 0 Å². The van der Waals surface area contributed by atoms with Crippen molar-refractivity contribution >= 4 is 38.2 Å². The lowest BCUT2D eigenvalue weighted by Gasteiger charge is -2.12. The number of hydrogen-bond donors (Lipinski definition) is 1. The molecule has 0 aliphatic heterocycles. The Bertz CT molecular complexity index is 736. The average Bonchev–Trinajstić information content (AvgIpc) is 2.34. The Labute approximate surface area is 123 Å². The van der Waals surface area contributed by atoms with Crippen molar-refractivity contribution in [3.63, 3.8) is 0 Å². The van der Waals surface area contributed by atoms with Gasteiger partial charge in [-0.3, -0.25) is 4.21 Å². The normalized spacial score (nSPS) is 14.3. The Morgan fingerprint density at radius 2 is 2.05 bits per heavy atom.